The predicted octanol–water partition coefficient (Wildman–Crippen LogP) is 20.8. The minimum Gasteiger partial charge on any atom is -0.466 e. The summed E-state index contributed by atoms with van der Waals surface area (Å²) < 4.78 is 5.50. The second kappa shape index (κ2) is 62.1. The second-order valence-corrected chi connectivity index (χ2v) is 22.8. The standard InChI is InChI=1S/C66H129NO5/c1-3-5-7-9-11-13-15-17-19-21-28-32-36-40-44-48-52-56-60-66(71)72-61-57-53-49-45-41-37-33-29-26-24-22-23-25-27-31-35-39-43-47-51-55-59-65(70)67-63(62-68)64(69)58-54-50-46-42-38-34-30-20-18-16-14-12-10-8-6-4-2/h23,25,63-64,68-69H,3-22,24,26-62H2,1-2H3,(H,67,70)/b25-23-. The Hall–Kier alpha value is -1.40. The van der Waals surface area contributed by atoms with Gasteiger partial charge in [0, 0.05) is 12.8 Å². The average Bonchev–Trinajstić information content (AvgIpc) is 3.38. The molecule has 0 aliphatic carbocycles. The molecule has 6 nitrogen and oxygen atoms in total. The third-order valence-electron chi connectivity index (χ3n) is 15.6. The number of amides is 1. The van der Waals surface area contributed by atoms with E-state index in [1.807, 2.05) is 0 Å². The number of hydrogen-bond acceptors (Lipinski definition) is 5. The van der Waals surface area contributed by atoms with Crippen LogP contribution in [0.25, 0.3) is 0 Å². The fourth-order valence-corrected chi connectivity index (χ4v) is 10.5. The highest BCUT2D eigenvalue weighted by molar-refractivity contribution is 5.76. The van der Waals surface area contributed by atoms with Crippen molar-refractivity contribution in [1.82, 2.24) is 5.32 Å². The van der Waals surface area contributed by atoms with E-state index in [0.29, 0.717) is 25.9 Å². The summed E-state index contributed by atoms with van der Waals surface area (Å²) in [5, 5.41) is 23.3. The van der Waals surface area contributed by atoms with Crippen molar-refractivity contribution in [3.05, 3.63) is 12.2 Å². The Bertz CT molecular complexity index is 1080. The summed E-state index contributed by atoms with van der Waals surface area (Å²) in [7, 11) is 0. The lowest BCUT2D eigenvalue weighted by Crippen LogP contribution is -2.45. The molecule has 0 aromatic rings. The maximum Gasteiger partial charge on any atom is 0.305 e. The van der Waals surface area contributed by atoms with Gasteiger partial charge in [0.25, 0.3) is 0 Å². The number of aliphatic hydroxyl groups excluding tert-OH is 2. The molecule has 1 amide bonds. The average molecular weight is 1020 g/mol. The molecule has 0 saturated heterocycles. The summed E-state index contributed by atoms with van der Waals surface area (Å²) in [6, 6.07) is -0.546. The predicted molar refractivity (Wildman–Crippen MR) is 315 cm³/mol. The van der Waals surface area contributed by atoms with Gasteiger partial charge < -0.3 is 20.3 Å². The van der Waals surface area contributed by atoms with Crippen LogP contribution in [0.3, 0.4) is 0 Å². The van der Waals surface area contributed by atoms with E-state index in [1.54, 1.807) is 0 Å². The number of hydrogen-bond donors (Lipinski definition) is 3. The lowest BCUT2D eigenvalue weighted by atomic mass is 10.0. The van der Waals surface area contributed by atoms with E-state index in [0.717, 1.165) is 38.5 Å². The van der Waals surface area contributed by atoms with E-state index in [2.05, 4.69) is 31.3 Å². The molecule has 0 saturated carbocycles. The van der Waals surface area contributed by atoms with Crippen molar-refractivity contribution in [1.29, 1.82) is 0 Å². The summed E-state index contributed by atoms with van der Waals surface area (Å²) in [6.07, 6.45) is 75.2. The third-order valence-corrected chi connectivity index (χ3v) is 15.6. The number of aliphatic hydroxyl groups is 2. The summed E-state index contributed by atoms with van der Waals surface area (Å²) in [5.74, 6) is -0.0261. The number of unbranched alkanes of at least 4 members (excludes halogenated alkanes) is 49. The van der Waals surface area contributed by atoms with Crippen LogP contribution < -0.4 is 5.32 Å². The Labute approximate surface area is 450 Å². The highest BCUT2D eigenvalue weighted by atomic mass is 16.5. The molecule has 0 spiro atoms. The molecule has 0 aromatic carbocycles. The molecule has 428 valence electrons. The van der Waals surface area contributed by atoms with Crippen molar-refractivity contribution in [2.75, 3.05) is 13.2 Å². The van der Waals surface area contributed by atoms with Gasteiger partial charge in [-0.1, -0.05) is 321 Å². The van der Waals surface area contributed by atoms with Crippen molar-refractivity contribution < 1.29 is 24.5 Å². The first kappa shape index (κ1) is 70.6. The van der Waals surface area contributed by atoms with Crippen LogP contribution in [0.5, 0.6) is 0 Å². The van der Waals surface area contributed by atoms with Crippen molar-refractivity contribution in [2.45, 2.75) is 386 Å². The molecule has 6 heteroatoms. The van der Waals surface area contributed by atoms with Gasteiger partial charge in [0.15, 0.2) is 0 Å². The van der Waals surface area contributed by atoms with Gasteiger partial charge in [-0.3, -0.25) is 9.59 Å². The number of nitrogens with one attached hydrogen (secondary N) is 1. The quantitative estimate of drug-likeness (QED) is 0.0320. The van der Waals surface area contributed by atoms with Gasteiger partial charge in [-0.25, -0.2) is 0 Å². The SMILES string of the molecule is CCCCCCCCCCCCCCCCCCCCC(=O)OCCCCCCCCCCCC/C=C\CCCCCCCCCC(=O)NC(CO)C(O)CCCCCCCCCCCCCCCCCC. The smallest absolute Gasteiger partial charge is 0.305 e. The molecular formula is C66H129NO5. The molecule has 0 aliphatic heterocycles. The van der Waals surface area contributed by atoms with Gasteiger partial charge >= 0.3 is 5.97 Å². The van der Waals surface area contributed by atoms with Crippen LogP contribution in [-0.4, -0.2) is 47.4 Å². The molecule has 0 bridgehead atoms. The maximum atomic E-state index is 12.5. The summed E-state index contributed by atoms with van der Waals surface area (Å²) in [6.45, 7) is 4.98. The second-order valence-electron chi connectivity index (χ2n) is 22.8. The first-order valence-corrected chi connectivity index (χ1v) is 32.9. The van der Waals surface area contributed by atoms with Gasteiger partial charge in [-0.15, -0.1) is 0 Å². The number of carbonyl (C=O) groups excluding carboxylic acids is 2. The zero-order valence-electron chi connectivity index (χ0n) is 48.9. The van der Waals surface area contributed by atoms with E-state index >= 15 is 0 Å². The van der Waals surface area contributed by atoms with Gasteiger partial charge in [0.2, 0.25) is 5.91 Å². The molecule has 0 aromatic heterocycles. The molecule has 0 rings (SSSR count). The zero-order chi connectivity index (χ0) is 52.2. The lowest BCUT2D eigenvalue weighted by molar-refractivity contribution is -0.143. The van der Waals surface area contributed by atoms with Crippen molar-refractivity contribution >= 4 is 11.9 Å². The van der Waals surface area contributed by atoms with Gasteiger partial charge in [-0.2, -0.15) is 0 Å². The maximum absolute atomic E-state index is 12.5. The normalized spacial score (nSPS) is 12.6. The lowest BCUT2D eigenvalue weighted by Gasteiger charge is -2.22. The first-order chi connectivity index (χ1) is 35.5. The van der Waals surface area contributed by atoms with E-state index in [1.165, 1.54) is 302 Å². The fraction of sp³-hybridized carbons (Fsp3) is 0.939. The number of carbonyl (C=O) groups is 2. The molecule has 72 heavy (non-hydrogen) atoms. The van der Waals surface area contributed by atoms with Crippen LogP contribution >= 0.6 is 0 Å². The zero-order valence-corrected chi connectivity index (χ0v) is 48.9. The number of rotatable bonds is 62. The summed E-state index contributed by atoms with van der Waals surface area (Å²) in [5.41, 5.74) is 0. The van der Waals surface area contributed by atoms with Gasteiger partial charge in [0.1, 0.15) is 0 Å². The Balaban J connectivity index is 3.39. The van der Waals surface area contributed by atoms with Crippen LogP contribution in [0, 0.1) is 0 Å². The summed E-state index contributed by atoms with van der Waals surface area (Å²) >= 11 is 0. The topological polar surface area (TPSA) is 95.9 Å². The van der Waals surface area contributed by atoms with Crippen LogP contribution in [0.4, 0.5) is 0 Å². The largest absolute Gasteiger partial charge is 0.466 e. The number of esters is 1. The highest BCUT2D eigenvalue weighted by Crippen LogP contribution is 2.18. The molecule has 0 fully saturated rings. The molecule has 2 atom stereocenters. The Morgan fingerprint density at radius 3 is 0.986 bits per heavy atom. The van der Waals surface area contributed by atoms with E-state index in [4.69, 9.17) is 4.74 Å². The first-order valence-electron chi connectivity index (χ1n) is 32.9. The summed E-state index contributed by atoms with van der Waals surface area (Å²) in [4.78, 5) is 24.6. The molecule has 0 radical (unpaired) electrons. The molecule has 3 N–H and O–H groups in total. The van der Waals surface area contributed by atoms with Crippen LogP contribution in [0.2, 0.25) is 0 Å². The fourth-order valence-electron chi connectivity index (χ4n) is 10.5. The van der Waals surface area contributed by atoms with Crippen LogP contribution in [0.15, 0.2) is 12.2 Å². The van der Waals surface area contributed by atoms with Crippen LogP contribution in [-0.2, 0) is 14.3 Å². The van der Waals surface area contributed by atoms with Crippen molar-refractivity contribution in [3.8, 4) is 0 Å². The van der Waals surface area contributed by atoms with E-state index in [-0.39, 0.29) is 18.5 Å². The minimum atomic E-state index is -0.669. The van der Waals surface area contributed by atoms with Gasteiger partial charge in [-0.05, 0) is 51.4 Å². The molecule has 0 aliphatic rings. The molecule has 0 heterocycles. The molecule has 2 unspecified atom stereocenters. The minimum absolute atomic E-state index is 0.0136. The van der Waals surface area contributed by atoms with Crippen molar-refractivity contribution in [2.24, 2.45) is 0 Å². The van der Waals surface area contributed by atoms with Crippen molar-refractivity contribution in [3.63, 3.8) is 0 Å². The number of allylic oxidation sites excluding steroid dienone is 2. The Morgan fingerprint density at radius 2 is 0.653 bits per heavy atom. The Morgan fingerprint density at radius 1 is 0.375 bits per heavy atom. The molecular weight excluding hydrogens is 887 g/mol. The highest BCUT2D eigenvalue weighted by Gasteiger charge is 2.20. The van der Waals surface area contributed by atoms with E-state index < -0.39 is 12.1 Å². The van der Waals surface area contributed by atoms with Gasteiger partial charge in [0.05, 0.1) is 25.4 Å². The monoisotopic (exact) mass is 1020 g/mol. The third kappa shape index (κ3) is 57.9. The van der Waals surface area contributed by atoms with E-state index in [9.17, 15) is 19.8 Å². The Kier molecular flexibility index (Phi) is 60.9. The number of ether oxygens (including phenoxy) is 1. The van der Waals surface area contributed by atoms with Crippen LogP contribution in [0.1, 0.15) is 373 Å².